The summed E-state index contributed by atoms with van der Waals surface area (Å²) in [4.78, 5) is 4.94. The number of halogens is 2. The SMILES string of the molecule is O=S(=O)(CCN1CCCN(Cc2ccc(F)cc2)CC1)c1ccc(Br)cc1. The van der Waals surface area contributed by atoms with Crippen LogP contribution in [-0.4, -0.2) is 56.7 Å². The van der Waals surface area contributed by atoms with Crippen molar-refractivity contribution in [1.29, 1.82) is 0 Å². The van der Waals surface area contributed by atoms with Gasteiger partial charge in [0.1, 0.15) is 5.82 Å². The lowest BCUT2D eigenvalue weighted by molar-refractivity contribution is 0.258. The average Bonchev–Trinajstić information content (AvgIpc) is 2.88. The molecule has 0 N–H and O–H groups in total. The van der Waals surface area contributed by atoms with E-state index < -0.39 is 9.84 Å². The topological polar surface area (TPSA) is 40.6 Å². The molecule has 1 aliphatic heterocycles. The van der Waals surface area contributed by atoms with Gasteiger partial charge >= 0.3 is 0 Å². The zero-order valence-corrected chi connectivity index (χ0v) is 17.6. The van der Waals surface area contributed by atoms with Crippen LogP contribution < -0.4 is 0 Å². The Bertz CT molecular complexity index is 841. The maximum atomic E-state index is 13.0. The van der Waals surface area contributed by atoms with E-state index >= 15 is 0 Å². The molecule has 0 spiro atoms. The van der Waals surface area contributed by atoms with Crippen molar-refractivity contribution >= 4 is 25.8 Å². The van der Waals surface area contributed by atoms with Crippen LogP contribution in [0.2, 0.25) is 0 Å². The number of benzene rings is 2. The number of hydrogen-bond donors (Lipinski definition) is 0. The lowest BCUT2D eigenvalue weighted by Gasteiger charge is -2.22. The van der Waals surface area contributed by atoms with Crippen LogP contribution in [0.3, 0.4) is 0 Å². The van der Waals surface area contributed by atoms with E-state index in [1.165, 1.54) is 12.1 Å². The Labute approximate surface area is 169 Å². The molecule has 1 heterocycles. The lowest BCUT2D eigenvalue weighted by atomic mass is 10.2. The van der Waals surface area contributed by atoms with E-state index in [-0.39, 0.29) is 11.6 Å². The molecule has 0 amide bonds. The first-order chi connectivity index (χ1) is 12.9. The first-order valence-electron chi connectivity index (χ1n) is 9.10. The lowest BCUT2D eigenvalue weighted by Crippen LogP contribution is -2.33. The van der Waals surface area contributed by atoms with Crippen LogP contribution in [0.4, 0.5) is 4.39 Å². The van der Waals surface area contributed by atoms with Gasteiger partial charge < -0.3 is 4.90 Å². The molecular formula is C20H24BrFN2O2S. The standard InChI is InChI=1S/C20H24BrFN2O2S/c21-18-4-8-20(9-5-18)27(25,26)15-14-23-10-1-11-24(13-12-23)16-17-2-6-19(22)7-3-17/h2-9H,1,10-16H2. The van der Waals surface area contributed by atoms with Gasteiger partial charge in [-0.25, -0.2) is 12.8 Å². The third-order valence-corrected chi connectivity index (χ3v) is 7.09. The van der Waals surface area contributed by atoms with Gasteiger partial charge in [0, 0.05) is 30.7 Å². The molecule has 7 heteroatoms. The second kappa shape index (κ2) is 9.28. The van der Waals surface area contributed by atoms with Crippen molar-refractivity contribution in [2.24, 2.45) is 0 Å². The quantitative estimate of drug-likeness (QED) is 0.668. The summed E-state index contributed by atoms with van der Waals surface area (Å²) >= 11 is 3.33. The van der Waals surface area contributed by atoms with Crippen molar-refractivity contribution in [1.82, 2.24) is 9.80 Å². The van der Waals surface area contributed by atoms with Crippen molar-refractivity contribution < 1.29 is 12.8 Å². The van der Waals surface area contributed by atoms with Crippen LogP contribution in [0.25, 0.3) is 0 Å². The third kappa shape index (κ3) is 6.10. The monoisotopic (exact) mass is 454 g/mol. The van der Waals surface area contributed by atoms with Gasteiger partial charge in [0.05, 0.1) is 10.6 Å². The molecule has 2 aromatic carbocycles. The van der Waals surface area contributed by atoms with Gasteiger partial charge in [-0.2, -0.15) is 0 Å². The van der Waals surface area contributed by atoms with Crippen LogP contribution >= 0.6 is 15.9 Å². The van der Waals surface area contributed by atoms with Gasteiger partial charge in [-0.1, -0.05) is 28.1 Å². The molecule has 1 aliphatic rings. The van der Waals surface area contributed by atoms with Gasteiger partial charge in [-0.15, -0.1) is 0 Å². The maximum Gasteiger partial charge on any atom is 0.179 e. The summed E-state index contributed by atoms with van der Waals surface area (Å²) in [6.07, 6.45) is 1.000. The molecule has 27 heavy (non-hydrogen) atoms. The molecule has 0 atom stereocenters. The van der Waals surface area contributed by atoms with E-state index in [0.717, 1.165) is 49.2 Å². The summed E-state index contributed by atoms with van der Waals surface area (Å²) in [5, 5.41) is 0. The zero-order valence-electron chi connectivity index (χ0n) is 15.2. The molecule has 4 nitrogen and oxygen atoms in total. The predicted molar refractivity (Wildman–Crippen MR) is 109 cm³/mol. The fraction of sp³-hybridized carbons (Fsp3) is 0.400. The van der Waals surface area contributed by atoms with Crippen LogP contribution in [0.5, 0.6) is 0 Å². The first-order valence-corrected chi connectivity index (χ1v) is 11.5. The highest BCUT2D eigenvalue weighted by Gasteiger charge is 2.19. The van der Waals surface area contributed by atoms with E-state index in [9.17, 15) is 12.8 Å². The Balaban J connectivity index is 1.50. The van der Waals surface area contributed by atoms with Crippen molar-refractivity contribution in [3.8, 4) is 0 Å². The van der Waals surface area contributed by atoms with Crippen molar-refractivity contribution in [2.45, 2.75) is 17.9 Å². The van der Waals surface area contributed by atoms with Crippen LogP contribution in [0.15, 0.2) is 57.9 Å². The Kier molecular flexibility index (Phi) is 7.03. The second-order valence-electron chi connectivity index (χ2n) is 6.87. The van der Waals surface area contributed by atoms with Crippen molar-refractivity contribution in [3.05, 3.63) is 64.4 Å². The van der Waals surface area contributed by atoms with E-state index in [1.807, 2.05) is 12.1 Å². The van der Waals surface area contributed by atoms with Crippen molar-refractivity contribution in [2.75, 3.05) is 38.5 Å². The fourth-order valence-electron chi connectivity index (χ4n) is 3.26. The Morgan fingerprint density at radius 2 is 1.52 bits per heavy atom. The normalized spacial score (nSPS) is 17.0. The van der Waals surface area contributed by atoms with E-state index in [1.54, 1.807) is 24.3 Å². The van der Waals surface area contributed by atoms with Gasteiger partial charge in [-0.05, 0) is 61.5 Å². The molecule has 0 bridgehead atoms. The summed E-state index contributed by atoms with van der Waals surface area (Å²) < 4.78 is 38.9. The number of nitrogens with zero attached hydrogens (tertiary/aromatic N) is 2. The molecule has 1 saturated heterocycles. The van der Waals surface area contributed by atoms with E-state index in [4.69, 9.17) is 0 Å². The zero-order chi connectivity index (χ0) is 19.3. The molecule has 0 aliphatic carbocycles. The minimum atomic E-state index is -3.27. The highest BCUT2D eigenvalue weighted by molar-refractivity contribution is 9.10. The first kappa shape index (κ1) is 20.5. The summed E-state index contributed by atoms with van der Waals surface area (Å²) in [7, 11) is -3.27. The summed E-state index contributed by atoms with van der Waals surface area (Å²) in [5.74, 6) is -0.0835. The molecule has 3 rings (SSSR count). The highest BCUT2D eigenvalue weighted by Crippen LogP contribution is 2.16. The highest BCUT2D eigenvalue weighted by atomic mass is 79.9. The molecular weight excluding hydrogens is 431 g/mol. The fourth-order valence-corrected chi connectivity index (χ4v) is 4.81. The molecule has 0 saturated carbocycles. The van der Waals surface area contributed by atoms with Gasteiger partial charge in [0.25, 0.3) is 0 Å². The van der Waals surface area contributed by atoms with Gasteiger partial charge in [-0.3, -0.25) is 4.90 Å². The number of sulfone groups is 1. The summed E-state index contributed by atoms with van der Waals surface area (Å²) in [5.41, 5.74) is 1.10. The Morgan fingerprint density at radius 1 is 0.889 bits per heavy atom. The van der Waals surface area contributed by atoms with E-state index in [0.29, 0.717) is 11.4 Å². The minimum Gasteiger partial charge on any atom is -0.301 e. The van der Waals surface area contributed by atoms with Gasteiger partial charge in [0.2, 0.25) is 0 Å². The maximum absolute atomic E-state index is 13.0. The Morgan fingerprint density at radius 3 is 2.22 bits per heavy atom. The number of rotatable bonds is 6. The third-order valence-electron chi connectivity index (χ3n) is 4.85. The molecule has 2 aromatic rings. The predicted octanol–water partition coefficient (Wildman–Crippen LogP) is 3.57. The van der Waals surface area contributed by atoms with Crippen LogP contribution in [0, 0.1) is 5.82 Å². The molecule has 1 fully saturated rings. The smallest absolute Gasteiger partial charge is 0.179 e. The largest absolute Gasteiger partial charge is 0.301 e. The Hall–Kier alpha value is -1.28. The molecule has 0 radical (unpaired) electrons. The second-order valence-corrected chi connectivity index (χ2v) is 9.90. The number of hydrogen-bond acceptors (Lipinski definition) is 4. The molecule has 0 unspecified atom stereocenters. The van der Waals surface area contributed by atoms with Crippen molar-refractivity contribution in [3.63, 3.8) is 0 Å². The van der Waals surface area contributed by atoms with Gasteiger partial charge in [0.15, 0.2) is 9.84 Å². The van der Waals surface area contributed by atoms with E-state index in [2.05, 4.69) is 25.7 Å². The molecule has 0 aromatic heterocycles. The summed E-state index contributed by atoms with van der Waals surface area (Å²) in [6.45, 7) is 4.93. The van der Waals surface area contributed by atoms with Crippen LogP contribution in [-0.2, 0) is 16.4 Å². The molecule has 146 valence electrons. The summed E-state index contributed by atoms with van der Waals surface area (Å²) in [6, 6.07) is 13.4. The average molecular weight is 455 g/mol. The van der Waals surface area contributed by atoms with Crippen LogP contribution in [0.1, 0.15) is 12.0 Å². The minimum absolute atomic E-state index is 0.132.